The molecule has 0 unspecified atom stereocenters. The van der Waals surface area contributed by atoms with E-state index in [2.05, 4.69) is 29.9 Å². The van der Waals surface area contributed by atoms with Crippen molar-refractivity contribution in [1.82, 2.24) is 29.9 Å². The molecule has 4 atom stereocenters. The number of rotatable bonds is 26. The number of benzene rings is 3. The number of sulfonamides is 3. The Kier molecular flexibility index (Phi) is 30.5. The van der Waals surface area contributed by atoms with Crippen LogP contribution in [0.2, 0.25) is 0 Å². The number of aliphatic hydroxyl groups excluding tert-OH is 4. The summed E-state index contributed by atoms with van der Waals surface area (Å²) in [6.07, 6.45) is 5.74. The fraction of sp³-hybridized carbons (Fsp3) is 0.371. The Hall–Kier alpha value is -7.13. The molecule has 6 aromatic rings. The molecule has 31 heteroatoms. The Labute approximate surface area is 569 Å². The van der Waals surface area contributed by atoms with Crippen LogP contribution in [0.3, 0.4) is 0 Å². The van der Waals surface area contributed by atoms with E-state index in [4.69, 9.17) is 0 Å². The third-order valence-electron chi connectivity index (χ3n) is 13.4. The molecule has 6 rings (SSSR count). The van der Waals surface area contributed by atoms with Crippen LogP contribution in [0.5, 0.6) is 0 Å². The molecule has 4 N–H and O–H groups in total. The van der Waals surface area contributed by atoms with Gasteiger partial charge in [0.2, 0.25) is 47.9 Å². The normalized spacial score (nSPS) is 13.2. The van der Waals surface area contributed by atoms with E-state index < -0.39 is 96.7 Å². The number of carbonyl (C=O) groups is 3. The average molecular weight is 1380 g/mol. The van der Waals surface area contributed by atoms with Crippen molar-refractivity contribution in [1.29, 1.82) is 0 Å². The van der Waals surface area contributed by atoms with Gasteiger partial charge in [-0.3, -0.25) is 4.79 Å². The van der Waals surface area contributed by atoms with Crippen LogP contribution >= 0.6 is 0 Å². The quantitative estimate of drug-likeness (QED) is 0.0323. The Morgan fingerprint density at radius 3 is 0.935 bits per heavy atom. The molecule has 3 heterocycles. The van der Waals surface area contributed by atoms with Gasteiger partial charge in [0.25, 0.3) is 0 Å². The van der Waals surface area contributed by atoms with E-state index in [0.717, 1.165) is 31.7 Å². The van der Waals surface area contributed by atoms with Crippen LogP contribution in [0.25, 0.3) is 52.0 Å². The van der Waals surface area contributed by atoms with Gasteiger partial charge in [0, 0.05) is 92.1 Å². The number of aldehydes is 1. The van der Waals surface area contributed by atoms with E-state index in [1.807, 2.05) is 41.5 Å². The Morgan fingerprint density at radius 1 is 0.473 bits per heavy atom. The van der Waals surface area contributed by atoms with Gasteiger partial charge in [-0.05, 0) is 103 Å². The fourth-order valence-electron chi connectivity index (χ4n) is 8.40. The summed E-state index contributed by atoms with van der Waals surface area (Å²) in [5.74, 6) is -4.72. The number of aliphatic hydroxyl groups is 4. The molecule has 0 amide bonds. The maximum Gasteiger partial charge on any atom is 2.00 e. The van der Waals surface area contributed by atoms with Crippen molar-refractivity contribution in [3.8, 4) is 33.8 Å². The number of hydrogen-bond acceptors (Lipinski definition) is 21. The van der Waals surface area contributed by atoms with Crippen molar-refractivity contribution < 1.29 is 83.4 Å². The van der Waals surface area contributed by atoms with Crippen LogP contribution < -0.4 is 23.1 Å². The van der Waals surface area contributed by atoms with Crippen LogP contribution in [0.15, 0.2) is 91.0 Å². The van der Waals surface area contributed by atoms with Crippen LogP contribution in [-0.2, 0) is 44.5 Å². The summed E-state index contributed by atoms with van der Waals surface area (Å²) < 4.78 is 115. The topological polar surface area (TPSA) is 368 Å². The summed E-state index contributed by atoms with van der Waals surface area (Å²) >= 11 is 0. The Morgan fingerprint density at radius 2 is 0.720 bits per heavy atom. The molecule has 0 radical (unpaired) electrons. The second-order valence-corrected chi connectivity index (χ2v) is 28.0. The molecule has 0 bridgehead atoms. The van der Waals surface area contributed by atoms with Crippen molar-refractivity contribution in [3.05, 3.63) is 142 Å². The molecule has 0 fully saturated rings. The summed E-state index contributed by atoms with van der Waals surface area (Å²) in [6.45, 7) is 11.2. The molecule has 0 aliphatic rings. The van der Waals surface area contributed by atoms with Gasteiger partial charge in [0.1, 0.15) is 23.7 Å². The number of aromatic nitrogens is 6. The van der Waals surface area contributed by atoms with Crippen molar-refractivity contribution in [2.75, 3.05) is 52.8 Å². The number of carboxylic acid groups (broad SMARTS) is 2. The predicted octanol–water partition coefficient (Wildman–Crippen LogP) is 4.77. The fourth-order valence-corrected chi connectivity index (χ4v) is 9.54. The smallest absolute Gasteiger partial charge is 0.550 e. The number of hydrogen-bond donors (Lipinski definition) is 4. The number of carboxylic acids is 2. The van der Waals surface area contributed by atoms with E-state index in [9.17, 15) is 83.4 Å². The van der Waals surface area contributed by atoms with E-state index in [1.165, 1.54) is 112 Å². The second kappa shape index (κ2) is 35.4. The molecule has 3 aromatic heterocycles. The first-order chi connectivity index (χ1) is 42.7. The van der Waals surface area contributed by atoms with Crippen molar-refractivity contribution >= 4 is 122 Å². The zero-order valence-corrected chi connectivity index (χ0v) is 57.9. The number of halogens is 3. The summed E-state index contributed by atoms with van der Waals surface area (Å²) in [5.41, 5.74) is 5.71. The minimum absolute atomic E-state index is 0. The third kappa shape index (κ3) is 24.3. The standard InChI is InChI=1S/2C22H28FN3O6S.C18H20FN3O3S.Ca/c2*1-13(2)20-18(10-9-16(27)11-17(28)12-19(29)30)21(14-5-7-15(23)8-6-14)25-22(24-20)26(3)33(4,31)32;1-12(2)16-15(6-5-11-23)17(13-7-9-14(19)10-8-13)21-18(20-16)22(3)26(4,24)25;/h2*5-10,13,16-17,27-28H,11-12H2,1-4H3,(H,29,30);5-12H,1-4H3;/q;;;+2/p-2/b2*10-9+;6-5+;/t2*16-,17-;;/m11../s1. The van der Waals surface area contributed by atoms with Gasteiger partial charge in [-0.2, -0.15) is 0 Å². The minimum atomic E-state index is -3.66. The first kappa shape index (κ1) is 80.1. The van der Waals surface area contributed by atoms with Gasteiger partial charge in [0.05, 0.1) is 77.3 Å². The molecule has 0 aliphatic heterocycles. The monoisotopic (exact) mass is 1380 g/mol. The second-order valence-electron chi connectivity index (χ2n) is 22.0. The molecule has 498 valence electrons. The van der Waals surface area contributed by atoms with Gasteiger partial charge >= 0.3 is 37.7 Å². The number of carbonyl (C=O) groups excluding carboxylic acids is 3. The van der Waals surface area contributed by atoms with Crippen LogP contribution in [0.1, 0.15) is 119 Å². The molecule has 24 nitrogen and oxygen atoms in total. The zero-order valence-electron chi connectivity index (χ0n) is 53.2. The Bertz CT molecular complexity index is 3820. The van der Waals surface area contributed by atoms with E-state index in [-0.39, 0.29) is 86.2 Å². The number of anilines is 3. The summed E-state index contributed by atoms with van der Waals surface area (Å²) in [6, 6.07) is 16.6. The maximum absolute atomic E-state index is 13.5. The van der Waals surface area contributed by atoms with Gasteiger partial charge < -0.3 is 40.2 Å². The number of allylic oxidation sites excluding steroid dienone is 1. The van der Waals surface area contributed by atoms with Gasteiger partial charge in [-0.15, -0.1) is 0 Å². The minimum Gasteiger partial charge on any atom is -0.550 e. The van der Waals surface area contributed by atoms with Crippen LogP contribution in [-0.4, -0.2) is 196 Å². The van der Waals surface area contributed by atoms with Crippen LogP contribution in [0, 0.1) is 17.5 Å². The molecule has 0 saturated heterocycles. The van der Waals surface area contributed by atoms with Crippen molar-refractivity contribution in [2.24, 2.45) is 0 Å². The molecule has 0 aliphatic carbocycles. The molecule has 3 aromatic carbocycles. The van der Waals surface area contributed by atoms with Crippen LogP contribution in [0.4, 0.5) is 31.0 Å². The molecule has 93 heavy (non-hydrogen) atoms. The average Bonchev–Trinajstić information content (AvgIpc) is 0.882. The van der Waals surface area contributed by atoms with Gasteiger partial charge in [0.15, 0.2) is 0 Å². The van der Waals surface area contributed by atoms with E-state index in [0.29, 0.717) is 73.8 Å². The largest absolute Gasteiger partial charge is 2.00 e. The first-order valence-electron chi connectivity index (χ1n) is 28.2. The maximum atomic E-state index is 13.5. The first-order valence-corrected chi connectivity index (χ1v) is 33.7. The molecular formula is C62H74CaF3N9O15S3. The van der Waals surface area contributed by atoms with Gasteiger partial charge in [-0.25, -0.2) is 81.2 Å². The van der Waals surface area contributed by atoms with E-state index in [1.54, 1.807) is 18.2 Å². The summed E-state index contributed by atoms with van der Waals surface area (Å²) in [7, 11) is -6.87. The van der Waals surface area contributed by atoms with Crippen molar-refractivity contribution in [2.45, 2.75) is 109 Å². The number of aliphatic carboxylic acids is 2. The Balaban J connectivity index is 0.000000365. The van der Waals surface area contributed by atoms with Gasteiger partial charge in [-0.1, -0.05) is 65.8 Å². The van der Waals surface area contributed by atoms with E-state index >= 15 is 0 Å². The molecule has 0 spiro atoms. The zero-order chi connectivity index (χ0) is 69.3. The van der Waals surface area contributed by atoms with Crippen molar-refractivity contribution in [3.63, 3.8) is 0 Å². The third-order valence-corrected chi connectivity index (χ3v) is 16.8. The molecular weight excluding hydrogens is 1300 g/mol. The SMILES string of the molecule is CC(C)c1nc(N(C)S(C)(=O)=O)nc(-c2ccc(F)cc2)c1/C=C/C=O.CC(C)c1nc(N(C)S(C)(=O)=O)nc(-c2ccc(F)cc2)c1/C=C/[C@@H](O)C[C@@H](O)CC(=O)[O-].CC(C)c1nc(N(C)S(C)(=O)=O)nc(-c2ccc(F)cc2)c1/C=C/[C@@H](O)C[C@@H](O)CC(=O)[O-].[Ca+2]. The summed E-state index contributed by atoms with van der Waals surface area (Å²) in [5, 5.41) is 61.1. The summed E-state index contributed by atoms with van der Waals surface area (Å²) in [4.78, 5) is 58.4. The number of nitrogens with zero attached hydrogens (tertiary/aromatic N) is 9. The predicted molar refractivity (Wildman–Crippen MR) is 346 cm³/mol. The molecule has 0 saturated carbocycles.